The molecule has 0 radical (unpaired) electrons. The largest absolute Gasteiger partial charge is 0.380 e. The maximum absolute atomic E-state index is 5.45. The lowest BCUT2D eigenvalue weighted by Crippen LogP contribution is -2.25. The molecule has 1 fully saturated rings. The van der Waals surface area contributed by atoms with Crippen LogP contribution < -0.4 is 4.90 Å². The van der Waals surface area contributed by atoms with E-state index >= 15 is 0 Å². The van der Waals surface area contributed by atoms with Crippen molar-refractivity contribution in [2.75, 3.05) is 31.2 Å². The molecular formula is C13H19NO. The highest BCUT2D eigenvalue weighted by Crippen LogP contribution is 2.16. The third kappa shape index (κ3) is 2.72. The second-order valence-corrected chi connectivity index (χ2v) is 3.97. The number of benzene rings is 1. The van der Waals surface area contributed by atoms with Crippen LogP contribution in [0.4, 0.5) is 5.69 Å². The molecule has 82 valence electrons. The van der Waals surface area contributed by atoms with Crippen LogP contribution in [0.3, 0.4) is 0 Å². The van der Waals surface area contributed by atoms with Crippen molar-refractivity contribution in [3.05, 3.63) is 29.8 Å². The van der Waals surface area contributed by atoms with Gasteiger partial charge in [-0.05, 0) is 30.5 Å². The summed E-state index contributed by atoms with van der Waals surface area (Å²) >= 11 is 0. The summed E-state index contributed by atoms with van der Waals surface area (Å²) in [4.78, 5) is 2.41. The molecule has 0 aliphatic carbocycles. The Morgan fingerprint density at radius 3 is 2.67 bits per heavy atom. The molecule has 0 atom stereocenters. The second-order valence-electron chi connectivity index (χ2n) is 3.97. The number of aryl methyl sites for hydroxylation is 1. The molecular weight excluding hydrogens is 186 g/mol. The normalized spacial score (nSPS) is 17.5. The van der Waals surface area contributed by atoms with E-state index in [2.05, 4.69) is 36.1 Å². The molecule has 2 heteroatoms. The predicted molar refractivity (Wildman–Crippen MR) is 63.5 cm³/mol. The first-order valence-electron chi connectivity index (χ1n) is 5.82. The summed E-state index contributed by atoms with van der Waals surface area (Å²) in [6, 6.07) is 8.90. The molecule has 0 amide bonds. The zero-order valence-electron chi connectivity index (χ0n) is 9.41. The zero-order chi connectivity index (χ0) is 10.5. The summed E-state index contributed by atoms with van der Waals surface area (Å²) in [5.41, 5.74) is 2.74. The first-order chi connectivity index (χ1) is 7.40. The molecule has 2 nitrogen and oxygen atoms in total. The summed E-state index contributed by atoms with van der Waals surface area (Å²) in [5.74, 6) is 0. The van der Waals surface area contributed by atoms with E-state index in [4.69, 9.17) is 4.74 Å². The number of hydrogen-bond donors (Lipinski definition) is 0. The van der Waals surface area contributed by atoms with Crippen LogP contribution in [0.2, 0.25) is 0 Å². The molecule has 0 saturated carbocycles. The van der Waals surface area contributed by atoms with Crippen molar-refractivity contribution in [1.29, 1.82) is 0 Å². The fourth-order valence-corrected chi connectivity index (χ4v) is 1.95. The van der Waals surface area contributed by atoms with Crippen LogP contribution in [0.1, 0.15) is 18.9 Å². The van der Waals surface area contributed by atoms with Gasteiger partial charge < -0.3 is 9.64 Å². The van der Waals surface area contributed by atoms with Crippen LogP contribution in [-0.4, -0.2) is 26.3 Å². The average Bonchev–Trinajstić information content (AvgIpc) is 2.58. The lowest BCUT2D eigenvalue weighted by molar-refractivity contribution is 0.152. The van der Waals surface area contributed by atoms with Gasteiger partial charge in [-0.25, -0.2) is 0 Å². The molecule has 1 aromatic carbocycles. The summed E-state index contributed by atoms with van der Waals surface area (Å²) in [7, 11) is 0. The number of anilines is 1. The van der Waals surface area contributed by atoms with Crippen molar-refractivity contribution in [3.63, 3.8) is 0 Å². The molecule has 0 aromatic heterocycles. The number of rotatable bonds is 2. The molecule has 0 spiro atoms. The summed E-state index contributed by atoms with van der Waals surface area (Å²) in [6.07, 6.45) is 2.25. The van der Waals surface area contributed by atoms with Gasteiger partial charge in [0, 0.05) is 25.4 Å². The van der Waals surface area contributed by atoms with Crippen molar-refractivity contribution >= 4 is 5.69 Å². The topological polar surface area (TPSA) is 12.5 Å². The maximum atomic E-state index is 5.45. The molecule has 2 rings (SSSR count). The standard InChI is InChI=1S/C13H19NO/c1-2-12-4-6-13(7-5-12)14-8-3-10-15-11-9-14/h4-7H,2-3,8-11H2,1H3. The van der Waals surface area contributed by atoms with Crippen molar-refractivity contribution in [3.8, 4) is 0 Å². The Kier molecular flexibility index (Phi) is 3.62. The summed E-state index contributed by atoms with van der Waals surface area (Å²) < 4.78 is 5.45. The molecule has 1 aliphatic rings. The van der Waals surface area contributed by atoms with Crippen molar-refractivity contribution < 1.29 is 4.74 Å². The van der Waals surface area contributed by atoms with E-state index in [9.17, 15) is 0 Å². The monoisotopic (exact) mass is 205 g/mol. The van der Waals surface area contributed by atoms with Crippen molar-refractivity contribution in [1.82, 2.24) is 0 Å². The summed E-state index contributed by atoms with van der Waals surface area (Å²) in [5, 5.41) is 0. The van der Waals surface area contributed by atoms with Gasteiger partial charge in [0.25, 0.3) is 0 Å². The van der Waals surface area contributed by atoms with Crippen LogP contribution in [0, 0.1) is 0 Å². The molecule has 15 heavy (non-hydrogen) atoms. The van der Waals surface area contributed by atoms with Gasteiger partial charge in [0.1, 0.15) is 0 Å². The van der Waals surface area contributed by atoms with Gasteiger partial charge in [0.05, 0.1) is 6.61 Å². The van der Waals surface area contributed by atoms with Gasteiger partial charge in [-0.1, -0.05) is 19.1 Å². The summed E-state index contributed by atoms with van der Waals surface area (Å²) in [6.45, 7) is 6.09. The fourth-order valence-electron chi connectivity index (χ4n) is 1.95. The maximum Gasteiger partial charge on any atom is 0.0641 e. The van der Waals surface area contributed by atoms with Crippen LogP contribution >= 0.6 is 0 Å². The SMILES string of the molecule is CCc1ccc(N2CCCOCC2)cc1. The lowest BCUT2D eigenvalue weighted by Gasteiger charge is -2.22. The van der Waals surface area contributed by atoms with E-state index in [1.165, 1.54) is 11.3 Å². The number of ether oxygens (including phenoxy) is 1. The van der Waals surface area contributed by atoms with E-state index in [1.54, 1.807) is 0 Å². The number of hydrogen-bond acceptors (Lipinski definition) is 2. The minimum atomic E-state index is 0.857. The first kappa shape index (κ1) is 10.5. The first-order valence-corrected chi connectivity index (χ1v) is 5.82. The molecule has 1 heterocycles. The Morgan fingerprint density at radius 1 is 1.13 bits per heavy atom. The average molecular weight is 205 g/mol. The minimum absolute atomic E-state index is 0.857. The smallest absolute Gasteiger partial charge is 0.0641 e. The molecule has 1 aromatic rings. The van der Waals surface area contributed by atoms with Crippen LogP contribution in [-0.2, 0) is 11.2 Å². The fraction of sp³-hybridized carbons (Fsp3) is 0.538. The van der Waals surface area contributed by atoms with Gasteiger partial charge in [0.15, 0.2) is 0 Å². The van der Waals surface area contributed by atoms with Crippen LogP contribution in [0.25, 0.3) is 0 Å². The minimum Gasteiger partial charge on any atom is -0.380 e. The van der Waals surface area contributed by atoms with E-state index in [-0.39, 0.29) is 0 Å². The van der Waals surface area contributed by atoms with Gasteiger partial charge in [-0.3, -0.25) is 0 Å². The van der Waals surface area contributed by atoms with Gasteiger partial charge >= 0.3 is 0 Å². The van der Waals surface area contributed by atoms with Gasteiger partial charge in [-0.15, -0.1) is 0 Å². The highest BCUT2D eigenvalue weighted by atomic mass is 16.5. The third-order valence-electron chi connectivity index (χ3n) is 2.93. The third-order valence-corrected chi connectivity index (χ3v) is 2.93. The Labute approximate surface area is 91.9 Å². The lowest BCUT2D eigenvalue weighted by atomic mass is 10.1. The Balaban J connectivity index is 2.06. The van der Waals surface area contributed by atoms with Crippen molar-refractivity contribution in [2.45, 2.75) is 19.8 Å². The Hall–Kier alpha value is -1.02. The van der Waals surface area contributed by atoms with Gasteiger partial charge in [-0.2, -0.15) is 0 Å². The Bertz CT molecular complexity index is 286. The zero-order valence-corrected chi connectivity index (χ0v) is 9.41. The van der Waals surface area contributed by atoms with Crippen molar-refractivity contribution in [2.24, 2.45) is 0 Å². The van der Waals surface area contributed by atoms with Crippen LogP contribution in [0.5, 0.6) is 0 Å². The molecule has 0 unspecified atom stereocenters. The Morgan fingerprint density at radius 2 is 1.93 bits per heavy atom. The van der Waals surface area contributed by atoms with Crippen LogP contribution in [0.15, 0.2) is 24.3 Å². The second kappa shape index (κ2) is 5.17. The van der Waals surface area contributed by atoms with Gasteiger partial charge in [0.2, 0.25) is 0 Å². The number of nitrogens with zero attached hydrogens (tertiary/aromatic N) is 1. The van der Waals surface area contributed by atoms with E-state index in [0.29, 0.717) is 0 Å². The highest BCUT2D eigenvalue weighted by molar-refractivity contribution is 5.47. The molecule has 1 aliphatic heterocycles. The predicted octanol–water partition coefficient (Wildman–Crippen LogP) is 2.48. The van der Waals surface area contributed by atoms with E-state index < -0.39 is 0 Å². The molecule has 0 bridgehead atoms. The van der Waals surface area contributed by atoms with E-state index in [1.807, 2.05) is 0 Å². The molecule has 0 N–H and O–H groups in total. The molecule has 1 saturated heterocycles. The highest BCUT2D eigenvalue weighted by Gasteiger charge is 2.09. The van der Waals surface area contributed by atoms with E-state index in [0.717, 1.165) is 39.1 Å². The quantitative estimate of drug-likeness (QED) is 0.735.